The maximum atomic E-state index is 10.1. The van der Waals surface area contributed by atoms with Crippen LogP contribution < -0.4 is 0 Å². The van der Waals surface area contributed by atoms with Crippen LogP contribution in [0.4, 0.5) is 0 Å². The summed E-state index contributed by atoms with van der Waals surface area (Å²) in [5, 5.41) is 10.1. The summed E-state index contributed by atoms with van der Waals surface area (Å²) >= 11 is 0. The normalized spacial score (nSPS) is 44.6. The summed E-state index contributed by atoms with van der Waals surface area (Å²) in [4.78, 5) is 0. The highest BCUT2D eigenvalue weighted by Crippen LogP contribution is 2.49. The van der Waals surface area contributed by atoms with Gasteiger partial charge in [-0.1, -0.05) is 57.1 Å². The quantitative estimate of drug-likeness (QED) is 0.670. The fourth-order valence-corrected chi connectivity index (χ4v) is 4.29. The van der Waals surface area contributed by atoms with E-state index in [2.05, 4.69) is 12.2 Å². The number of aliphatic hydroxyl groups excluding tert-OH is 1. The number of rotatable bonds is 1. The Bertz CT molecular complexity index is 263. The Hall–Kier alpha value is -0.300. The van der Waals surface area contributed by atoms with Crippen LogP contribution in [0.25, 0.3) is 0 Å². The molecule has 16 heavy (non-hydrogen) atoms. The average Bonchev–Trinajstić information content (AvgIpc) is 2.74. The molecule has 0 spiro atoms. The first-order valence-electron chi connectivity index (χ1n) is 7.22. The molecule has 0 saturated heterocycles. The molecule has 0 heterocycles. The summed E-state index contributed by atoms with van der Waals surface area (Å²) in [6.07, 6.45) is 15.8. The second-order valence-electron chi connectivity index (χ2n) is 6.12. The summed E-state index contributed by atoms with van der Waals surface area (Å²) in [5.74, 6) is 2.73. The van der Waals surface area contributed by atoms with Crippen molar-refractivity contribution in [2.75, 3.05) is 0 Å². The molecule has 3 aliphatic carbocycles. The second kappa shape index (κ2) is 4.52. The summed E-state index contributed by atoms with van der Waals surface area (Å²) in [7, 11) is 0. The number of hydrogen-bond donors (Lipinski definition) is 1. The van der Waals surface area contributed by atoms with Gasteiger partial charge in [-0.15, -0.1) is 0 Å². The maximum Gasteiger partial charge on any atom is 0.0668 e. The summed E-state index contributed by atoms with van der Waals surface area (Å²) < 4.78 is 0. The Morgan fingerprint density at radius 1 is 0.875 bits per heavy atom. The van der Waals surface area contributed by atoms with Crippen LogP contribution in [0.1, 0.15) is 51.4 Å². The lowest BCUT2D eigenvalue weighted by atomic mass is 9.75. The van der Waals surface area contributed by atoms with E-state index in [9.17, 15) is 5.11 Å². The van der Waals surface area contributed by atoms with Crippen molar-refractivity contribution >= 4 is 0 Å². The van der Waals surface area contributed by atoms with Gasteiger partial charge in [0.05, 0.1) is 6.10 Å². The van der Waals surface area contributed by atoms with Crippen molar-refractivity contribution in [1.29, 1.82) is 0 Å². The molecule has 3 aliphatic rings. The van der Waals surface area contributed by atoms with E-state index in [0.29, 0.717) is 11.8 Å². The molecule has 0 aromatic rings. The zero-order valence-electron chi connectivity index (χ0n) is 10.1. The Kier molecular flexibility index (Phi) is 3.06. The monoisotopic (exact) mass is 220 g/mol. The van der Waals surface area contributed by atoms with Gasteiger partial charge in [-0.2, -0.15) is 0 Å². The molecule has 1 heteroatoms. The highest BCUT2D eigenvalue weighted by atomic mass is 16.3. The molecule has 4 unspecified atom stereocenters. The van der Waals surface area contributed by atoms with Gasteiger partial charge in [0, 0.05) is 11.8 Å². The van der Waals surface area contributed by atoms with E-state index in [4.69, 9.17) is 0 Å². The summed E-state index contributed by atoms with van der Waals surface area (Å²) in [5.41, 5.74) is 0. The fourth-order valence-electron chi connectivity index (χ4n) is 4.29. The Morgan fingerprint density at radius 3 is 2.12 bits per heavy atom. The van der Waals surface area contributed by atoms with Crippen LogP contribution in [0, 0.1) is 23.7 Å². The minimum atomic E-state index is -0.0320. The third-order valence-electron chi connectivity index (χ3n) is 5.21. The average molecular weight is 220 g/mol. The molecule has 4 atom stereocenters. The van der Waals surface area contributed by atoms with Gasteiger partial charge >= 0.3 is 0 Å². The lowest BCUT2D eigenvalue weighted by Crippen LogP contribution is -2.23. The van der Waals surface area contributed by atoms with Gasteiger partial charge in [0.15, 0.2) is 0 Å². The lowest BCUT2D eigenvalue weighted by Gasteiger charge is -2.30. The smallest absolute Gasteiger partial charge is 0.0668 e. The highest BCUT2D eigenvalue weighted by Gasteiger charge is 2.46. The van der Waals surface area contributed by atoms with Crippen molar-refractivity contribution in [2.24, 2.45) is 23.7 Å². The molecule has 2 saturated carbocycles. The zero-order valence-corrected chi connectivity index (χ0v) is 10.1. The highest BCUT2D eigenvalue weighted by molar-refractivity contribution is 5.15. The molecule has 0 aliphatic heterocycles. The molecule has 2 fully saturated rings. The number of hydrogen-bond acceptors (Lipinski definition) is 1. The topological polar surface area (TPSA) is 20.2 Å². The zero-order chi connectivity index (χ0) is 11.0. The van der Waals surface area contributed by atoms with Crippen LogP contribution in [0.3, 0.4) is 0 Å². The third-order valence-corrected chi connectivity index (χ3v) is 5.21. The Morgan fingerprint density at radius 2 is 1.56 bits per heavy atom. The van der Waals surface area contributed by atoms with Gasteiger partial charge in [-0.05, 0) is 18.3 Å². The maximum absolute atomic E-state index is 10.1. The molecular formula is C15H24O. The lowest BCUT2D eigenvalue weighted by molar-refractivity contribution is 0.118. The van der Waals surface area contributed by atoms with Crippen molar-refractivity contribution in [3.63, 3.8) is 0 Å². The van der Waals surface area contributed by atoms with E-state index >= 15 is 0 Å². The number of fused-ring (bicyclic) bond motifs is 2. The van der Waals surface area contributed by atoms with Crippen molar-refractivity contribution in [3.05, 3.63) is 12.2 Å². The largest absolute Gasteiger partial charge is 0.392 e. The molecule has 2 bridgehead atoms. The van der Waals surface area contributed by atoms with E-state index in [-0.39, 0.29) is 6.10 Å². The molecular weight excluding hydrogens is 196 g/mol. The Balaban J connectivity index is 1.66. The van der Waals surface area contributed by atoms with Crippen molar-refractivity contribution < 1.29 is 5.11 Å². The van der Waals surface area contributed by atoms with Crippen LogP contribution in [-0.2, 0) is 0 Å². The van der Waals surface area contributed by atoms with Crippen molar-refractivity contribution in [3.8, 4) is 0 Å². The molecule has 0 amide bonds. The molecule has 0 aromatic heterocycles. The van der Waals surface area contributed by atoms with Gasteiger partial charge in [0.25, 0.3) is 0 Å². The van der Waals surface area contributed by atoms with Crippen molar-refractivity contribution in [1.82, 2.24) is 0 Å². The molecule has 90 valence electrons. The van der Waals surface area contributed by atoms with Gasteiger partial charge in [-0.25, -0.2) is 0 Å². The van der Waals surface area contributed by atoms with E-state index in [1.165, 1.54) is 51.4 Å². The van der Waals surface area contributed by atoms with Crippen LogP contribution in [-0.4, -0.2) is 11.2 Å². The van der Waals surface area contributed by atoms with Gasteiger partial charge in [0.2, 0.25) is 0 Å². The van der Waals surface area contributed by atoms with Crippen molar-refractivity contribution in [2.45, 2.75) is 57.5 Å². The second-order valence-corrected chi connectivity index (χ2v) is 6.12. The number of aliphatic hydroxyl groups is 1. The van der Waals surface area contributed by atoms with Crippen LogP contribution >= 0.6 is 0 Å². The molecule has 1 nitrogen and oxygen atoms in total. The standard InChI is InChI=1S/C15H24O/c16-15-12-8-9-13(15)14(10-12)11-6-4-2-1-3-5-7-11/h8-9,11-16H,1-7,10H2. The summed E-state index contributed by atoms with van der Waals surface area (Å²) in [6.45, 7) is 0. The van der Waals surface area contributed by atoms with Crippen LogP contribution in [0.2, 0.25) is 0 Å². The first kappa shape index (κ1) is 10.8. The first-order valence-corrected chi connectivity index (χ1v) is 7.22. The molecule has 1 N–H and O–H groups in total. The minimum Gasteiger partial charge on any atom is -0.392 e. The summed E-state index contributed by atoms with van der Waals surface area (Å²) in [6, 6.07) is 0. The van der Waals surface area contributed by atoms with E-state index in [1.54, 1.807) is 0 Å². The van der Waals surface area contributed by atoms with Gasteiger partial charge < -0.3 is 5.11 Å². The molecule has 0 radical (unpaired) electrons. The predicted octanol–water partition coefficient (Wildman–Crippen LogP) is 3.53. The molecule has 3 rings (SSSR count). The van der Waals surface area contributed by atoms with E-state index in [1.807, 2.05) is 0 Å². The first-order chi connectivity index (χ1) is 7.86. The fraction of sp³-hybridized carbons (Fsp3) is 0.867. The van der Waals surface area contributed by atoms with Crippen LogP contribution in [0.5, 0.6) is 0 Å². The van der Waals surface area contributed by atoms with Gasteiger partial charge in [-0.3, -0.25) is 0 Å². The van der Waals surface area contributed by atoms with Crippen LogP contribution in [0.15, 0.2) is 12.2 Å². The molecule has 0 aromatic carbocycles. The predicted molar refractivity (Wildman–Crippen MR) is 66.0 cm³/mol. The van der Waals surface area contributed by atoms with E-state index in [0.717, 1.165) is 11.8 Å². The van der Waals surface area contributed by atoms with Gasteiger partial charge in [0.1, 0.15) is 0 Å². The third kappa shape index (κ3) is 1.84. The SMILES string of the molecule is OC1C2C=CC1C(C1CCCCCCC1)C2. The Labute approximate surface area is 98.9 Å². The van der Waals surface area contributed by atoms with E-state index < -0.39 is 0 Å². The minimum absolute atomic E-state index is 0.0320.